The molecular weight excluding hydrogens is 266 g/mol. The summed E-state index contributed by atoms with van der Waals surface area (Å²) >= 11 is 0. The summed E-state index contributed by atoms with van der Waals surface area (Å²) in [5.41, 5.74) is 0.926. The van der Waals surface area contributed by atoms with Crippen LogP contribution in [-0.2, 0) is 0 Å². The van der Waals surface area contributed by atoms with Crippen molar-refractivity contribution in [1.29, 1.82) is 0 Å². The molecular formula is C16H17N3O2. The second-order valence-corrected chi connectivity index (χ2v) is 5.78. The molecule has 3 heterocycles. The SMILES string of the molecule is O=C(NC1CN2CC[C@H]1C2)c1ncc(-c2ccccc2)o1. The molecule has 0 radical (unpaired) electrons. The lowest BCUT2D eigenvalue weighted by Crippen LogP contribution is -2.43. The highest BCUT2D eigenvalue weighted by molar-refractivity contribution is 5.90. The van der Waals surface area contributed by atoms with Gasteiger partial charge in [0, 0.05) is 24.7 Å². The van der Waals surface area contributed by atoms with E-state index in [-0.39, 0.29) is 17.8 Å². The third kappa shape index (κ3) is 2.34. The molecule has 1 aromatic heterocycles. The van der Waals surface area contributed by atoms with Crippen LogP contribution in [-0.4, -0.2) is 41.5 Å². The van der Waals surface area contributed by atoms with Crippen molar-refractivity contribution in [3.05, 3.63) is 42.4 Å². The first kappa shape index (κ1) is 12.6. The van der Waals surface area contributed by atoms with Gasteiger partial charge in [0.25, 0.3) is 5.89 Å². The molecule has 1 aromatic carbocycles. The molecule has 2 aliphatic rings. The summed E-state index contributed by atoms with van der Waals surface area (Å²) in [7, 11) is 0. The van der Waals surface area contributed by atoms with Crippen LogP contribution in [0.1, 0.15) is 17.1 Å². The third-order valence-corrected chi connectivity index (χ3v) is 4.41. The Morgan fingerprint density at radius 1 is 1.29 bits per heavy atom. The van der Waals surface area contributed by atoms with Gasteiger partial charge in [0.15, 0.2) is 5.76 Å². The fraction of sp³-hybridized carbons (Fsp3) is 0.375. The van der Waals surface area contributed by atoms with Gasteiger partial charge in [-0.3, -0.25) is 4.79 Å². The van der Waals surface area contributed by atoms with E-state index in [1.54, 1.807) is 6.20 Å². The molecule has 2 unspecified atom stereocenters. The first-order chi connectivity index (χ1) is 10.3. The minimum Gasteiger partial charge on any atom is -0.432 e. The summed E-state index contributed by atoms with van der Waals surface area (Å²) in [6.45, 7) is 3.21. The number of oxazole rings is 1. The van der Waals surface area contributed by atoms with Crippen molar-refractivity contribution >= 4 is 5.91 Å². The second kappa shape index (κ2) is 5.00. The van der Waals surface area contributed by atoms with Gasteiger partial charge in [-0.2, -0.15) is 0 Å². The van der Waals surface area contributed by atoms with Crippen LogP contribution in [0.5, 0.6) is 0 Å². The summed E-state index contributed by atoms with van der Waals surface area (Å²) in [5, 5.41) is 3.05. The van der Waals surface area contributed by atoms with Crippen molar-refractivity contribution in [3.63, 3.8) is 0 Å². The smallest absolute Gasteiger partial charge is 0.307 e. The zero-order valence-electron chi connectivity index (χ0n) is 11.7. The molecule has 2 aromatic rings. The predicted octanol–water partition coefficient (Wildman–Crippen LogP) is 1.78. The number of rotatable bonds is 3. The fourth-order valence-corrected chi connectivity index (χ4v) is 3.29. The van der Waals surface area contributed by atoms with Gasteiger partial charge in [0.1, 0.15) is 0 Å². The monoisotopic (exact) mass is 283 g/mol. The molecule has 0 aliphatic carbocycles. The zero-order chi connectivity index (χ0) is 14.2. The van der Waals surface area contributed by atoms with E-state index in [2.05, 4.69) is 15.2 Å². The van der Waals surface area contributed by atoms with E-state index < -0.39 is 0 Å². The topological polar surface area (TPSA) is 58.4 Å². The van der Waals surface area contributed by atoms with E-state index in [4.69, 9.17) is 4.42 Å². The Morgan fingerprint density at radius 2 is 2.14 bits per heavy atom. The van der Waals surface area contributed by atoms with E-state index in [0.29, 0.717) is 11.7 Å². The summed E-state index contributed by atoms with van der Waals surface area (Å²) in [6, 6.07) is 9.91. The summed E-state index contributed by atoms with van der Waals surface area (Å²) < 4.78 is 5.59. The standard InChI is InChI=1S/C16H17N3O2/c20-15(18-13-10-19-7-6-12(13)9-19)16-17-8-14(21-16)11-4-2-1-3-5-11/h1-5,8,12-13H,6-7,9-10H2,(H,18,20)/t12-,13?/m0/s1. The van der Waals surface area contributed by atoms with Crippen molar-refractivity contribution in [3.8, 4) is 11.3 Å². The molecule has 5 nitrogen and oxygen atoms in total. The van der Waals surface area contributed by atoms with Crippen LogP contribution < -0.4 is 5.32 Å². The van der Waals surface area contributed by atoms with Gasteiger partial charge in [0.05, 0.1) is 6.20 Å². The molecule has 4 rings (SSSR count). The average Bonchev–Trinajstić information content (AvgIpc) is 3.24. The van der Waals surface area contributed by atoms with Gasteiger partial charge >= 0.3 is 5.91 Å². The summed E-state index contributed by atoms with van der Waals surface area (Å²) in [4.78, 5) is 18.7. The van der Waals surface area contributed by atoms with Gasteiger partial charge in [-0.25, -0.2) is 4.98 Å². The first-order valence-electron chi connectivity index (χ1n) is 7.34. The Bertz CT molecular complexity index is 653. The summed E-state index contributed by atoms with van der Waals surface area (Å²) in [5.74, 6) is 1.14. The fourth-order valence-electron chi connectivity index (χ4n) is 3.29. The molecule has 5 heteroatoms. The quantitative estimate of drug-likeness (QED) is 0.932. The maximum absolute atomic E-state index is 12.2. The van der Waals surface area contributed by atoms with Gasteiger partial charge in [-0.1, -0.05) is 30.3 Å². The molecule has 3 atom stereocenters. The van der Waals surface area contributed by atoms with Gasteiger partial charge in [-0.05, 0) is 18.9 Å². The Labute approximate surface area is 123 Å². The molecule has 108 valence electrons. The number of hydrogen-bond donors (Lipinski definition) is 1. The highest BCUT2D eigenvalue weighted by Gasteiger charge is 2.39. The van der Waals surface area contributed by atoms with E-state index in [1.807, 2.05) is 30.3 Å². The van der Waals surface area contributed by atoms with E-state index in [0.717, 1.165) is 25.2 Å². The Morgan fingerprint density at radius 3 is 2.86 bits per heavy atom. The normalized spacial score (nSPS) is 27.0. The molecule has 2 aliphatic heterocycles. The maximum atomic E-state index is 12.2. The van der Waals surface area contributed by atoms with Gasteiger partial charge < -0.3 is 14.6 Å². The van der Waals surface area contributed by atoms with Crippen molar-refractivity contribution in [2.45, 2.75) is 12.5 Å². The van der Waals surface area contributed by atoms with Crippen LogP contribution in [0, 0.1) is 5.92 Å². The second-order valence-electron chi connectivity index (χ2n) is 5.78. The molecule has 2 bridgehead atoms. The molecule has 0 spiro atoms. The Balaban J connectivity index is 1.47. The van der Waals surface area contributed by atoms with E-state index in [9.17, 15) is 4.79 Å². The van der Waals surface area contributed by atoms with Crippen molar-refractivity contribution in [2.24, 2.45) is 5.92 Å². The van der Waals surface area contributed by atoms with E-state index >= 15 is 0 Å². The highest BCUT2D eigenvalue weighted by Crippen LogP contribution is 2.28. The van der Waals surface area contributed by atoms with Crippen molar-refractivity contribution in [1.82, 2.24) is 15.2 Å². The van der Waals surface area contributed by atoms with E-state index in [1.165, 1.54) is 6.42 Å². The number of amides is 1. The largest absolute Gasteiger partial charge is 0.432 e. The van der Waals surface area contributed by atoms with Crippen LogP contribution >= 0.6 is 0 Å². The first-order valence-corrected chi connectivity index (χ1v) is 7.34. The number of aromatic nitrogens is 1. The number of piperidine rings is 1. The minimum absolute atomic E-state index is 0.145. The van der Waals surface area contributed by atoms with Gasteiger partial charge in [-0.15, -0.1) is 0 Å². The zero-order valence-corrected chi connectivity index (χ0v) is 11.7. The number of nitrogens with zero attached hydrogens (tertiary/aromatic N) is 2. The average molecular weight is 283 g/mol. The highest BCUT2D eigenvalue weighted by atomic mass is 16.4. The Hall–Kier alpha value is -2.14. The van der Waals surface area contributed by atoms with Crippen LogP contribution in [0.3, 0.4) is 0 Å². The predicted molar refractivity (Wildman–Crippen MR) is 77.7 cm³/mol. The summed E-state index contributed by atoms with van der Waals surface area (Å²) in [6.07, 6.45) is 2.78. The Kier molecular flexibility index (Phi) is 3.00. The maximum Gasteiger partial charge on any atom is 0.307 e. The number of benzene rings is 1. The number of fused-ring (bicyclic) bond motifs is 2. The molecule has 0 saturated carbocycles. The molecule has 1 amide bonds. The van der Waals surface area contributed by atoms with Crippen LogP contribution in [0.2, 0.25) is 0 Å². The molecule has 1 N–H and O–H groups in total. The van der Waals surface area contributed by atoms with Crippen LogP contribution in [0.4, 0.5) is 0 Å². The van der Waals surface area contributed by atoms with Crippen LogP contribution in [0.15, 0.2) is 40.9 Å². The lowest BCUT2D eigenvalue weighted by molar-refractivity contribution is 0.0890. The van der Waals surface area contributed by atoms with Crippen LogP contribution in [0.25, 0.3) is 11.3 Å². The number of hydrogen-bond acceptors (Lipinski definition) is 4. The molecule has 2 saturated heterocycles. The molecule has 2 fully saturated rings. The lowest BCUT2D eigenvalue weighted by atomic mass is 10.0. The number of carbonyl (C=O) groups excluding carboxylic acids is 1. The number of nitrogens with one attached hydrogen (secondary N) is 1. The van der Waals surface area contributed by atoms with Crippen molar-refractivity contribution < 1.29 is 9.21 Å². The lowest BCUT2D eigenvalue weighted by Gasteiger charge is -2.22. The number of carbonyl (C=O) groups is 1. The van der Waals surface area contributed by atoms with Crippen molar-refractivity contribution in [2.75, 3.05) is 19.6 Å². The third-order valence-electron chi connectivity index (χ3n) is 4.41. The minimum atomic E-state index is -0.212. The van der Waals surface area contributed by atoms with Gasteiger partial charge in [0.2, 0.25) is 0 Å². The molecule has 21 heavy (non-hydrogen) atoms.